The molecule has 2 aromatic carbocycles. The second kappa shape index (κ2) is 8.07. The molecule has 0 fully saturated rings. The number of pyridine rings is 1. The van der Waals surface area contributed by atoms with Crippen molar-refractivity contribution < 1.29 is 19.0 Å². The van der Waals surface area contributed by atoms with E-state index in [-0.39, 0.29) is 11.4 Å². The minimum Gasteiger partial charge on any atom is -0.478 e. The lowest BCUT2D eigenvalue weighted by Gasteiger charge is -2.28. The van der Waals surface area contributed by atoms with Crippen molar-refractivity contribution in [2.24, 2.45) is 0 Å². The highest BCUT2D eigenvalue weighted by Crippen LogP contribution is 2.43. The minimum absolute atomic E-state index is 0.202. The molecule has 0 aliphatic heterocycles. The Bertz CT molecular complexity index is 1520. The zero-order valence-corrected chi connectivity index (χ0v) is 19.0. The third kappa shape index (κ3) is 3.52. The summed E-state index contributed by atoms with van der Waals surface area (Å²) in [6, 6.07) is 15.1. The number of hydrogen-bond donors (Lipinski definition) is 2. The Morgan fingerprint density at radius 2 is 1.85 bits per heavy atom. The number of nitrogens with zero attached hydrogens (tertiary/aromatic N) is 3. The van der Waals surface area contributed by atoms with Gasteiger partial charge in [-0.2, -0.15) is 5.10 Å². The molecule has 0 radical (unpaired) electrons. The Morgan fingerprint density at radius 1 is 1.15 bits per heavy atom. The van der Waals surface area contributed by atoms with Crippen molar-refractivity contribution in [2.45, 2.75) is 19.3 Å². The Kier molecular flexibility index (Phi) is 5.17. The molecule has 5 aromatic rings. The van der Waals surface area contributed by atoms with E-state index in [4.69, 9.17) is 9.72 Å². The van der Waals surface area contributed by atoms with Gasteiger partial charge in [0, 0.05) is 34.9 Å². The van der Waals surface area contributed by atoms with Crippen LogP contribution in [0, 0.1) is 5.82 Å². The molecule has 0 atom stereocenters. The normalized spacial score (nSPS) is 12.0. The molecule has 0 unspecified atom stereocenters. The van der Waals surface area contributed by atoms with E-state index < -0.39 is 11.4 Å². The molecule has 0 saturated heterocycles. The fourth-order valence-corrected chi connectivity index (χ4v) is 4.55. The highest BCUT2D eigenvalue weighted by Gasteiger charge is 2.33. The quantitative estimate of drug-likeness (QED) is 0.359. The van der Waals surface area contributed by atoms with Crippen LogP contribution in [0.1, 0.15) is 29.9 Å². The van der Waals surface area contributed by atoms with E-state index in [1.807, 2.05) is 6.07 Å². The van der Waals surface area contributed by atoms with Gasteiger partial charge in [-0.1, -0.05) is 26.0 Å². The summed E-state index contributed by atoms with van der Waals surface area (Å²) in [6.45, 7) is 4.57. The van der Waals surface area contributed by atoms with Crippen molar-refractivity contribution in [3.05, 3.63) is 77.9 Å². The lowest BCUT2D eigenvalue weighted by molar-refractivity contribution is 0.0697. The number of rotatable bonds is 6. The van der Waals surface area contributed by atoms with E-state index in [1.165, 1.54) is 12.1 Å². The van der Waals surface area contributed by atoms with Crippen molar-refractivity contribution >= 4 is 28.0 Å². The topological polar surface area (TPSA) is 93.0 Å². The summed E-state index contributed by atoms with van der Waals surface area (Å²) < 4.78 is 21.5. The summed E-state index contributed by atoms with van der Waals surface area (Å²) >= 11 is 0. The summed E-state index contributed by atoms with van der Waals surface area (Å²) in [6.07, 6.45) is 1.71. The zero-order chi connectivity index (χ0) is 24.0. The fraction of sp³-hybridized carbons (Fsp3) is 0.192. The molecule has 0 amide bonds. The standard InChI is InChI=1S/C26H23FN4O3/c1-26(2,14-34-3)23-21(15-4-6-16(7-5-15)25(32)33)22-20(12-17-13-28-30-24(17)29-22)31(23)19-10-8-18(27)9-11-19/h4-13H,14H2,1-3H3,(H,32,33)(H,28,29,30). The number of benzene rings is 2. The third-order valence-electron chi connectivity index (χ3n) is 6.00. The largest absolute Gasteiger partial charge is 0.478 e. The molecule has 5 rings (SSSR count). The minimum atomic E-state index is -0.988. The van der Waals surface area contributed by atoms with Gasteiger partial charge in [0.15, 0.2) is 5.65 Å². The third-order valence-corrected chi connectivity index (χ3v) is 6.00. The summed E-state index contributed by atoms with van der Waals surface area (Å²) in [5.74, 6) is -1.31. The number of hydrogen-bond acceptors (Lipinski definition) is 4. The number of carboxylic acid groups (broad SMARTS) is 1. The molecule has 0 saturated carbocycles. The number of H-pyrrole nitrogens is 1. The number of ether oxygens (including phenoxy) is 1. The van der Waals surface area contributed by atoms with Gasteiger partial charge in [0.25, 0.3) is 0 Å². The van der Waals surface area contributed by atoms with Crippen LogP contribution in [0.3, 0.4) is 0 Å². The van der Waals surface area contributed by atoms with Crippen molar-refractivity contribution in [3.63, 3.8) is 0 Å². The fourth-order valence-electron chi connectivity index (χ4n) is 4.55. The Balaban J connectivity index is 1.93. The SMILES string of the molecule is COCC(C)(C)c1c(-c2ccc(C(=O)O)cc2)c2nc3[nH]ncc3cc2n1-c1ccc(F)cc1. The van der Waals surface area contributed by atoms with Gasteiger partial charge < -0.3 is 14.4 Å². The molecular formula is C26H23FN4O3. The van der Waals surface area contributed by atoms with Crippen LogP contribution in [0.15, 0.2) is 60.8 Å². The highest BCUT2D eigenvalue weighted by atomic mass is 19.1. The molecule has 3 aromatic heterocycles. The van der Waals surface area contributed by atoms with Gasteiger partial charge in [-0.25, -0.2) is 14.2 Å². The second-order valence-electron chi connectivity index (χ2n) is 8.90. The van der Waals surface area contributed by atoms with E-state index in [9.17, 15) is 14.3 Å². The van der Waals surface area contributed by atoms with Gasteiger partial charge in [-0.3, -0.25) is 5.10 Å². The smallest absolute Gasteiger partial charge is 0.335 e. The van der Waals surface area contributed by atoms with Gasteiger partial charge in [-0.05, 0) is 48.0 Å². The first-order valence-electron chi connectivity index (χ1n) is 10.8. The number of halogens is 1. The predicted octanol–water partition coefficient (Wildman–Crippen LogP) is 5.33. The highest BCUT2D eigenvalue weighted by molar-refractivity contribution is 6.02. The van der Waals surface area contributed by atoms with Crippen LogP contribution in [0.5, 0.6) is 0 Å². The van der Waals surface area contributed by atoms with Gasteiger partial charge in [0.05, 0.1) is 29.4 Å². The van der Waals surface area contributed by atoms with Crippen LogP contribution in [0.4, 0.5) is 4.39 Å². The van der Waals surface area contributed by atoms with Gasteiger partial charge in [0.1, 0.15) is 5.82 Å². The van der Waals surface area contributed by atoms with E-state index in [1.54, 1.807) is 49.7 Å². The van der Waals surface area contributed by atoms with Gasteiger partial charge >= 0.3 is 5.97 Å². The Morgan fingerprint density at radius 3 is 2.50 bits per heavy atom. The first-order chi connectivity index (χ1) is 16.3. The van der Waals surface area contributed by atoms with Crippen LogP contribution in [0.25, 0.3) is 38.9 Å². The molecule has 2 N–H and O–H groups in total. The van der Waals surface area contributed by atoms with Crippen molar-refractivity contribution in [3.8, 4) is 16.8 Å². The molecule has 172 valence electrons. The lowest BCUT2D eigenvalue weighted by atomic mass is 9.85. The first-order valence-corrected chi connectivity index (χ1v) is 10.8. The van der Waals surface area contributed by atoms with Crippen LogP contribution >= 0.6 is 0 Å². The van der Waals surface area contributed by atoms with Crippen LogP contribution in [-0.2, 0) is 10.2 Å². The Hall–Kier alpha value is -4.04. The summed E-state index contributed by atoms with van der Waals surface area (Å²) in [5.41, 5.74) is 5.31. The number of carboxylic acids is 1. The van der Waals surface area contributed by atoms with Crippen molar-refractivity contribution in [1.29, 1.82) is 0 Å². The molecule has 7 nitrogen and oxygen atoms in total. The van der Waals surface area contributed by atoms with Crippen LogP contribution in [0.2, 0.25) is 0 Å². The van der Waals surface area contributed by atoms with E-state index >= 15 is 0 Å². The van der Waals surface area contributed by atoms with Crippen molar-refractivity contribution in [1.82, 2.24) is 19.7 Å². The maximum Gasteiger partial charge on any atom is 0.335 e. The summed E-state index contributed by atoms with van der Waals surface area (Å²) in [7, 11) is 1.65. The zero-order valence-electron chi connectivity index (χ0n) is 19.0. The number of nitrogens with one attached hydrogen (secondary N) is 1. The molecule has 8 heteroatoms. The number of aromatic amines is 1. The molecule has 0 spiro atoms. The molecule has 0 bridgehead atoms. The maximum atomic E-state index is 13.8. The lowest BCUT2D eigenvalue weighted by Crippen LogP contribution is -2.27. The number of carbonyl (C=O) groups is 1. The summed E-state index contributed by atoms with van der Waals surface area (Å²) in [5, 5.41) is 17.3. The van der Waals surface area contributed by atoms with Gasteiger partial charge in [-0.15, -0.1) is 0 Å². The molecule has 3 heterocycles. The van der Waals surface area contributed by atoms with E-state index in [0.29, 0.717) is 12.3 Å². The summed E-state index contributed by atoms with van der Waals surface area (Å²) in [4.78, 5) is 16.3. The molecule has 0 aliphatic carbocycles. The van der Waals surface area contributed by atoms with Crippen LogP contribution < -0.4 is 0 Å². The number of methoxy groups -OCH3 is 1. The van der Waals surface area contributed by atoms with Crippen molar-refractivity contribution in [2.75, 3.05) is 13.7 Å². The first kappa shape index (κ1) is 21.8. The average Bonchev–Trinajstić information content (AvgIpc) is 3.40. The average molecular weight is 458 g/mol. The van der Waals surface area contributed by atoms with E-state index in [2.05, 4.69) is 28.6 Å². The molecular weight excluding hydrogens is 435 g/mol. The van der Waals surface area contributed by atoms with Gasteiger partial charge in [0.2, 0.25) is 0 Å². The van der Waals surface area contributed by atoms with Crippen LogP contribution in [-0.4, -0.2) is 44.5 Å². The molecule has 0 aliphatic rings. The number of aromatic nitrogens is 4. The predicted molar refractivity (Wildman–Crippen MR) is 128 cm³/mol. The molecule has 34 heavy (non-hydrogen) atoms. The monoisotopic (exact) mass is 458 g/mol. The Labute approximate surface area is 194 Å². The second-order valence-corrected chi connectivity index (χ2v) is 8.90. The van der Waals surface area contributed by atoms with E-state index in [0.717, 1.165) is 38.9 Å². The number of aromatic carboxylic acids is 1. The maximum absolute atomic E-state index is 13.8. The number of fused-ring (bicyclic) bond motifs is 2.